The van der Waals surface area contributed by atoms with Gasteiger partial charge in [-0.05, 0) is 31.7 Å². The molecule has 4 nitrogen and oxygen atoms in total. The summed E-state index contributed by atoms with van der Waals surface area (Å²) in [6, 6.07) is 0.687. The van der Waals surface area contributed by atoms with Crippen molar-refractivity contribution in [2.75, 3.05) is 6.54 Å². The fraction of sp³-hybridized carbons (Fsp3) is 0.846. The number of rotatable bonds is 6. The Morgan fingerprint density at radius 1 is 1.41 bits per heavy atom. The molecule has 96 valence electrons. The van der Waals surface area contributed by atoms with E-state index in [1.165, 1.54) is 25.1 Å². The van der Waals surface area contributed by atoms with Crippen molar-refractivity contribution < 1.29 is 0 Å². The Hall–Kier alpha value is -0.900. The maximum atomic E-state index is 4.42. The van der Waals surface area contributed by atoms with Crippen LogP contribution in [-0.2, 0) is 13.0 Å². The normalized spacial score (nSPS) is 24.4. The molecule has 1 aromatic heterocycles. The molecule has 1 saturated carbocycles. The molecule has 0 aliphatic heterocycles. The predicted octanol–water partition coefficient (Wildman–Crippen LogP) is 2.01. The van der Waals surface area contributed by atoms with Gasteiger partial charge in [-0.25, -0.2) is 4.98 Å². The average molecular weight is 236 g/mol. The highest BCUT2D eigenvalue weighted by molar-refractivity contribution is 4.93. The van der Waals surface area contributed by atoms with Crippen molar-refractivity contribution >= 4 is 0 Å². The minimum absolute atomic E-state index is 0.687. The van der Waals surface area contributed by atoms with Gasteiger partial charge in [0, 0.05) is 19.0 Å². The van der Waals surface area contributed by atoms with Crippen molar-refractivity contribution in [3.8, 4) is 0 Å². The van der Waals surface area contributed by atoms with Crippen LogP contribution in [0.4, 0.5) is 0 Å². The molecule has 17 heavy (non-hydrogen) atoms. The van der Waals surface area contributed by atoms with Gasteiger partial charge in [0.1, 0.15) is 12.2 Å². The van der Waals surface area contributed by atoms with E-state index in [2.05, 4.69) is 33.9 Å². The molecular formula is C13H24N4. The van der Waals surface area contributed by atoms with Crippen LogP contribution in [-0.4, -0.2) is 27.4 Å². The number of aryl methyl sites for hydroxylation is 1. The fourth-order valence-electron chi connectivity index (χ4n) is 2.89. The van der Waals surface area contributed by atoms with Crippen molar-refractivity contribution in [1.29, 1.82) is 0 Å². The van der Waals surface area contributed by atoms with Crippen LogP contribution in [0.2, 0.25) is 0 Å². The van der Waals surface area contributed by atoms with Gasteiger partial charge in [0.25, 0.3) is 0 Å². The van der Waals surface area contributed by atoms with E-state index in [0.29, 0.717) is 6.04 Å². The molecule has 2 unspecified atom stereocenters. The van der Waals surface area contributed by atoms with Gasteiger partial charge in [0.2, 0.25) is 0 Å². The van der Waals surface area contributed by atoms with E-state index in [0.717, 1.165) is 31.8 Å². The molecule has 4 heteroatoms. The van der Waals surface area contributed by atoms with Gasteiger partial charge in [0.15, 0.2) is 0 Å². The summed E-state index contributed by atoms with van der Waals surface area (Å²) in [5.74, 6) is 1.91. The number of nitrogens with zero attached hydrogens (tertiary/aromatic N) is 3. The van der Waals surface area contributed by atoms with Crippen LogP contribution >= 0.6 is 0 Å². The van der Waals surface area contributed by atoms with Gasteiger partial charge in [-0.1, -0.05) is 20.3 Å². The summed E-state index contributed by atoms with van der Waals surface area (Å²) in [4.78, 5) is 4.42. The largest absolute Gasteiger partial charge is 0.314 e. The average Bonchev–Trinajstić information content (AvgIpc) is 2.92. The molecular weight excluding hydrogens is 212 g/mol. The summed E-state index contributed by atoms with van der Waals surface area (Å²) in [5, 5.41) is 7.91. The van der Waals surface area contributed by atoms with Crippen LogP contribution < -0.4 is 5.32 Å². The second-order valence-corrected chi connectivity index (χ2v) is 4.96. The van der Waals surface area contributed by atoms with Crippen molar-refractivity contribution in [3.05, 3.63) is 12.2 Å². The van der Waals surface area contributed by atoms with Crippen molar-refractivity contribution in [2.45, 2.75) is 58.5 Å². The molecule has 0 spiro atoms. The minimum atomic E-state index is 0.687. The van der Waals surface area contributed by atoms with Gasteiger partial charge in [-0.15, -0.1) is 0 Å². The SMILES string of the molecule is CCCn1ncnc1CC1CCCC1NCC. The molecule has 1 heterocycles. The Bertz CT molecular complexity index is 334. The standard InChI is InChI=1S/C13H24N4/c1-3-8-17-13(15-10-16-17)9-11-6-5-7-12(11)14-4-2/h10-12,14H,3-9H2,1-2H3. The van der Waals surface area contributed by atoms with E-state index in [-0.39, 0.29) is 0 Å². The Labute approximate surface area is 104 Å². The fourth-order valence-corrected chi connectivity index (χ4v) is 2.89. The first-order chi connectivity index (χ1) is 8.35. The van der Waals surface area contributed by atoms with Crippen LogP contribution in [0.1, 0.15) is 45.4 Å². The van der Waals surface area contributed by atoms with Gasteiger partial charge in [0.05, 0.1) is 0 Å². The van der Waals surface area contributed by atoms with E-state index in [1.807, 2.05) is 0 Å². The zero-order chi connectivity index (χ0) is 12.1. The van der Waals surface area contributed by atoms with Crippen LogP contribution in [0.25, 0.3) is 0 Å². The molecule has 1 aromatic rings. The highest BCUT2D eigenvalue weighted by Gasteiger charge is 2.27. The Kier molecular flexibility index (Phi) is 4.54. The maximum Gasteiger partial charge on any atom is 0.138 e. The lowest BCUT2D eigenvalue weighted by molar-refractivity contribution is 0.390. The molecule has 0 aromatic carbocycles. The molecule has 1 aliphatic carbocycles. The first-order valence-corrected chi connectivity index (χ1v) is 6.95. The minimum Gasteiger partial charge on any atom is -0.314 e. The van der Waals surface area contributed by atoms with Crippen molar-refractivity contribution in [3.63, 3.8) is 0 Å². The van der Waals surface area contributed by atoms with E-state index < -0.39 is 0 Å². The number of hydrogen-bond donors (Lipinski definition) is 1. The van der Waals surface area contributed by atoms with E-state index in [9.17, 15) is 0 Å². The number of nitrogens with one attached hydrogen (secondary N) is 1. The van der Waals surface area contributed by atoms with Crippen LogP contribution in [0, 0.1) is 5.92 Å². The lowest BCUT2D eigenvalue weighted by Crippen LogP contribution is -2.33. The van der Waals surface area contributed by atoms with E-state index >= 15 is 0 Å². The molecule has 0 bridgehead atoms. The smallest absolute Gasteiger partial charge is 0.138 e. The summed E-state index contributed by atoms with van der Waals surface area (Å²) >= 11 is 0. The van der Waals surface area contributed by atoms with Crippen molar-refractivity contribution in [2.24, 2.45) is 5.92 Å². The third-order valence-electron chi connectivity index (χ3n) is 3.70. The summed E-state index contributed by atoms with van der Waals surface area (Å²) in [6.45, 7) is 6.44. The molecule has 1 aliphatic rings. The second-order valence-electron chi connectivity index (χ2n) is 4.96. The first-order valence-electron chi connectivity index (χ1n) is 6.95. The highest BCUT2D eigenvalue weighted by Crippen LogP contribution is 2.28. The van der Waals surface area contributed by atoms with Crippen LogP contribution in [0.5, 0.6) is 0 Å². The highest BCUT2D eigenvalue weighted by atomic mass is 15.3. The molecule has 1 N–H and O–H groups in total. The molecule has 0 radical (unpaired) electrons. The van der Waals surface area contributed by atoms with Gasteiger partial charge in [-0.2, -0.15) is 5.10 Å². The Morgan fingerprint density at radius 2 is 2.29 bits per heavy atom. The molecule has 0 amide bonds. The predicted molar refractivity (Wildman–Crippen MR) is 68.8 cm³/mol. The molecule has 2 rings (SSSR count). The first kappa shape index (κ1) is 12.6. The lowest BCUT2D eigenvalue weighted by Gasteiger charge is -2.20. The van der Waals surface area contributed by atoms with E-state index in [1.54, 1.807) is 6.33 Å². The van der Waals surface area contributed by atoms with Gasteiger partial charge >= 0.3 is 0 Å². The summed E-state index contributed by atoms with van der Waals surface area (Å²) in [7, 11) is 0. The molecule has 2 atom stereocenters. The number of hydrogen-bond acceptors (Lipinski definition) is 3. The number of aromatic nitrogens is 3. The van der Waals surface area contributed by atoms with Crippen LogP contribution in [0.3, 0.4) is 0 Å². The summed E-state index contributed by atoms with van der Waals surface area (Å²) in [5.41, 5.74) is 0. The van der Waals surface area contributed by atoms with Gasteiger partial charge < -0.3 is 5.32 Å². The second kappa shape index (κ2) is 6.15. The third kappa shape index (κ3) is 3.06. The van der Waals surface area contributed by atoms with Gasteiger partial charge in [-0.3, -0.25) is 4.68 Å². The third-order valence-corrected chi connectivity index (χ3v) is 3.70. The Morgan fingerprint density at radius 3 is 3.06 bits per heavy atom. The molecule has 1 fully saturated rings. The summed E-state index contributed by atoms with van der Waals surface area (Å²) in [6.07, 6.45) is 7.90. The zero-order valence-corrected chi connectivity index (χ0v) is 11.0. The Balaban J connectivity index is 1.97. The maximum absolute atomic E-state index is 4.42. The lowest BCUT2D eigenvalue weighted by atomic mass is 9.99. The van der Waals surface area contributed by atoms with E-state index in [4.69, 9.17) is 0 Å². The topological polar surface area (TPSA) is 42.7 Å². The monoisotopic (exact) mass is 236 g/mol. The quantitative estimate of drug-likeness (QED) is 0.821. The van der Waals surface area contributed by atoms with Crippen molar-refractivity contribution in [1.82, 2.24) is 20.1 Å². The molecule has 0 saturated heterocycles. The zero-order valence-electron chi connectivity index (χ0n) is 11.0. The summed E-state index contributed by atoms with van der Waals surface area (Å²) < 4.78 is 2.07. The van der Waals surface area contributed by atoms with Crippen LogP contribution in [0.15, 0.2) is 6.33 Å².